The quantitative estimate of drug-likeness (QED) is 0.792. The Kier molecular flexibility index (Phi) is 5.23. The van der Waals surface area contributed by atoms with Gasteiger partial charge in [0.15, 0.2) is 0 Å². The molecule has 1 aromatic heterocycles. The van der Waals surface area contributed by atoms with E-state index in [-0.39, 0.29) is 16.5 Å². The van der Waals surface area contributed by atoms with Gasteiger partial charge in [0, 0.05) is 26.2 Å². The first-order valence-electron chi connectivity index (χ1n) is 8.44. The topological polar surface area (TPSA) is 70.8 Å². The molecule has 2 aromatic rings. The van der Waals surface area contributed by atoms with Crippen molar-refractivity contribution in [3.05, 3.63) is 47.4 Å². The van der Waals surface area contributed by atoms with Crippen LogP contribution in [0.25, 0.3) is 0 Å². The summed E-state index contributed by atoms with van der Waals surface area (Å²) in [6, 6.07) is 7.41. The number of amides is 1. The van der Waals surface area contributed by atoms with Gasteiger partial charge in [0.1, 0.15) is 11.5 Å². The molecule has 1 aromatic carbocycles. The number of rotatable bonds is 4. The zero-order valence-corrected chi connectivity index (χ0v) is 15.8. The minimum Gasteiger partial charge on any atom is -0.466 e. The van der Waals surface area contributed by atoms with Crippen LogP contribution in [0.2, 0.25) is 0 Å². The van der Waals surface area contributed by atoms with Gasteiger partial charge in [0.2, 0.25) is 9.84 Å². The fourth-order valence-electron chi connectivity index (χ4n) is 3.22. The third-order valence-corrected chi connectivity index (χ3v) is 6.01. The SMILES string of the molecule is Cc1cc(C(=O)N2CCN(c3ccccc3S(=O)(=O)C(F)F)CC2)c(C)o1. The second kappa shape index (κ2) is 7.30. The van der Waals surface area contributed by atoms with Crippen molar-refractivity contribution in [1.82, 2.24) is 4.90 Å². The van der Waals surface area contributed by atoms with E-state index in [1.807, 2.05) is 0 Å². The van der Waals surface area contributed by atoms with Crippen molar-refractivity contribution in [2.24, 2.45) is 0 Å². The van der Waals surface area contributed by atoms with Crippen LogP contribution in [-0.2, 0) is 9.84 Å². The summed E-state index contributed by atoms with van der Waals surface area (Å²) in [7, 11) is -4.70. The summed E-state index contributed by atoms with van der Waals surface area (Å²) in [4.78, 5) is 15.6. The van der Waals surface area contributed by atoms with E-state index in [1.54, 1.807) is 35.8 Å². The molecule has 0 radical (unpaired) electrons. The summed E-state index contributed by atoms with van der Waals surface area (Å²) in [5.41, 5.74) is 0.738. The second-order valence-electron chi connectivity index (χ2n) is 6.38. The monoisotopic (exact) mass is 398 g/mol. The van der Waals surface area contributed by atoms with Gasteiger partial charge in [-0.2, -0.15) is 8.78 Å². The zero-order chi connectivity index (χ0) is 19.8. The maximum Gasteiger partial charge on any atom is 0.341 e. The Bertz CT molecular complexity index is 948. The van der Waals surface area contributed by atoms with Gasteiger partial charge in [-0.1, -0.05) is 12.1 Å². The van der Waals surface area contributed by atoms with E-state index >= 15 is 0 Å². The van der Waals surface area contributed by atoms with Crippen LogP contribution in [0.3, 0.4) is 0 Å². The summed E-state index contributed by atoms with van der Waals surface area (Å²) in [6.07, 6.45) is 0. The van der Waals surface area contributed by atoms with Gasteiger partial charge in [-0.3, -0.25) is 4.79 Å². The molecule has 146 valence electrons. The molecule has 0 saturated carbocycles. The minimum absolute atomic E-state index is 0.155. The Hall–Kier alpha value is -2.42. The van der Waals surface area contributed by atoms with Gasteiger partial charge >= 0.3 is 5.76 Å². The number of carbonyl (C=O) groups excluding carboxylic acids is 1. The maximum absolute atomic E-state index is 13.0. The van der Waals surface area contributed by atoms with Crippen LogP contribution in [0.15, 0.2) is 39.6 Å². The number of furan rings is 1. The largest absolute Gasteiger partial charge is 0.466 e. The van der Waals surface area contributed by atoms with Gasteiger partial charge < -0.3 is 14.2 Å². The lowest BCUT2D eigenvalue weighted by atomic mass is 10.2. The first kappa shape index (κ1) is 19.3. The summed E-state index contributed by atoms with van der Waals surface area (Å²) >= 11 is 0. The van der Waals surface area contributed by atoms with Crippen molar-refractivity contribution in [2.45, 2.75) is 24.5 Å². The lowest BCUT2D eigenvalue weighted by Crippen LogP contribution is -2.49. The predicted octanol–water partition coefficient (Wildman–Crippen LogP) is 2.86. The summed E-state index contributed by atoms with van der Waals surface area (Å²) in [5, 5.41) is 0. The molecular weight excluding hydrogens is 378 g/mol. The van der Waals surface area contributed by atoms with Gasteiger partial charge in [0.25, 0.3) is 5.91 Å². The molecule has 27 heavy (non-hydrogen) atoms. The Morgan fingerprint density at radius 2 is 1.74 bits per heavy atom. The molecule has 1 aliphatic heterocycles. The smallest absolute Gasteiger partial charge is 0.341 e. The standard InChI is InChI=1S/C18H20F2N2O4S/c1-12-11-14(13(2)26-12)17(23)22-9-7-21(8-10-22)15-5-3-4-6-16(15)27(24,25)18(19)20/h3-6,11,18H,7-10H2,1-2H3. The van der Waals surface area contributed by atoms with Crippen molar-refractivity contribution in [3.8, 4) is 0 Å². The van der Waals surface area contributed by atoms with Crippen molar-refractivity contribution in [2.75, 3.05) is 31.1 Å². The van der Waals surface area contributed by atoms with Crippen molar-refractivity contribution in [1.29, 1.82) is 0 Å². The Labute approximate surface area is 156 Å². The van der Waals surface area contributed by atoms with Crippen LogP contribution in [0, 0.1) is 13.8 Å². The van der Waals surface area contributed by atoms with Gasteiger partial charge in [-0.05, 0) is 32.0 Å². The van der Waals surface area contributed by atoms with Crippen LogP contribution in [0.4, 0.5) is 14.5 Å². The molecule has 0 N–H and O–H groups in total. The van der Waals surface area contributed by atoms with E-state index in [2.05, 4.69) is 0 Å². The molecule has 0 unspecified atom stereocenters. The number of hydrogen-bond acceptors (Lipinski definition) is 5. The highest BCUT2D eigenvalue weighted by Gasteiger charge is 2.32. The fraction of sp³-hybridized carbons (Fsp3) is 0.389. The highest BCUT2D eigenvalue weighted by molar-refractivity contribution is 7.91. The predicted molar refractivity (Wildman–Crippen MR) is 95.9 cm³/mol. The average Bonchev–Trinajstić information content (AvgIpc) is 2.99. The van der Waals surface area contributed by atoms with Crippen LogP contribution in [-0.4, -0.2) is 51.2 Å². The number of carbonyl (C=O) groups is 1. The Balaban J connectivity index is 1.77. The summed E-state index contributed by atoms with van der Waals surface area (Å²) in [5.74, 6) is -2.43. The number of nitrogens with zero attached hydrogens (tertiary/aromatic N) is 2. The first-order valence-corrected chi connectivity index (χ1v) is 9.99. The number of halogens is 2. The van der Waals surface area contributed by atoms with Crippen LogP contribution in [0.1, 0.15) is 21.9 Å². The number of anilines is 1. The molecule has 1 saturated heterocycles. The number of hydrogen-bond donors (Lipinski definition) is 0. The van der Waals surface area contributed by atoms with Gasteiger partial charge in [-0.15, -0.1) is 0 Å². The number of aryl methyl sites for hydroxylation is 2. The molecule has 1 fully saturated rings. The molecule has 0 bridgehead atoms. The lowest BCUT2D eigenvalue weighted by Gasteiger charge is -2.36. The highest BCUT2D eigenvalue weighted by atomic mass is 32.2. The normalized spacial score (nSPS) is 15.4. The number of piperazine rings is 1. The number of benzene rings is 1. The number of alkyl halides is 2. The van der Waals surface area contributed by atoms with E-state index in [4.69, 9.17) is 4.42 Å². The van der Waals surface area contributed by atoms with E-state index in [1.165, 1.54) is 18.2 Å². The van der Waals surface area contributed by atoms with E-state index in [0.717, 1.165) is 0 Å². The average molecular weight is 398 g/mol. The van der Waals surface area contributed by atoms with E-state index < -0.39 is 15.6 Å². The Morgan fingerprint density at radius 3 is 2.30 bits per heavy atom. The molecule has 2 heterocycles. The molecule has 9 heteroatoms. The van der Waals surface area contributed by atoms with Gasteiger partial charge in [0.05, 0.1) is 16.1 Å². The lowest BCUT2D eigenvalue weighted by molar-refractivity contribution is 0.0745. The van der Waals surface area contributed by atoms with Crippen LogP contribution < -0.4 is 4.90 Å². The molecule has 0 aliphatic carbocycles. The third kappa shape index (κ3) is 3.69. The maximum atomic E-state index is 13.0. The number of para-hydroxylation sites is 1. The van der Waals surface area contributed by atoms with Crippen LogP contribution >= 0.6 is 0 Å². The molecule has 0 atom stereocenters. The van der Waals surface area contributed by atoms with E-state index in [9.17, 15) is 22.0 Å². The van der Waals surface area contributed by atoms with Gasteiger partial charge in [-0.25, -0.2) is 8.42 Å². The molecule has 3 rings (SSSR count). The first-order chi connectivity index (χ1) is 12.7. The molecule has 6 nitrogen and oxygen atoms in total. The second-order valence-corrected chi connectivity index (χ2v) is 8.27. The van der Waals surface area contributed by atoms with Crippen molar-refractivity contribution < 1.29 is 26.4 Å². The Morgan fingerprint density at radius 1 is 1.11 bits per heavy atom. The van der Waals surface area contributed by atoms with Crippen LogP contribution in [0.5, 0.6) is 0 Å². The van der Waals surface area contributed by atoms with E-state index in [0.29, 0.717) is 43.3 Å². The third-order valence-electron chi connectivity index (χ3n) is 4.59. The van der Waals surface area contributed by atoms with Crippen molar-refractivity contribution >= 4 is 21.4 Å². The molecule has 0 spiro atoms. The minimum atomic E-state index is -4.70. The zero-order valence-electron chi connectivity index (χ0n) is 15.0. The molecule has 1 aliphatic rings. The molecule has 1 amide bonds. The van der Waals surface area contributed by atoms with Crippen molar-refractivity contribution in [3.63, 3.8) is 0 Å². The highest BCUT2D eigenvalue weighted by Crippen LogP contribution is 2.30. The summed E-state index contributed by atoms with van der Waals surface area (Å²) in [6.45, 7) is 4.88. The number of sulfone groups is 1. The fourth-order valence-corrected chi connectivity index (χ4v) is 4.17. The summed E-state index contributed by atoms with van der Waals surface area (Å²) < 4.78 is 55.2. The molecular formula is C18H20F2N2O4S.